The summed E-state index contributed by atoms with van der Waals surface area (Å²) in [5, 5.41) is 9.19. The second kappa shape index (κ2) is 8.42. The van der Waals surface area contributed by atoms with Crippen molar-refractivity contribution >= 4 is 52.4 Å². The minimum atomic E-state index is -0.0862. The van der Waals surface area contributed by atoms with Crippen molar-refractivity contribution in [3.05, 3.63) is 77.3 Å². The molecule has 5 nitrogen and oxygen atoms in total. The third-order valence-electron chi connectivity index (χ3n) is 4.84. The van der Waals surface area contributed by atoms with Gasteiger partial charge in [-0.25, -0.2) is 0 Å². The van der Waals surface area contributed by atoms with Gasteiger partial charge in [-0.05, 0) is 48.9 Å². The Morgan fingerprint density at radius 1 is 1.03 bits per heavy atom. The Bertz CT molecular complexity index is 1290. The zero-order valence-corrected chi connectivity index (χ0v) is 18.8. The van der Waals surface area contributed by atoms with Gasteiger partial charge in [0.1, 0.15) is 0 Å². The number of carbonyl (C=O) groups excluding carboxylic acids is 1. The smallest absolute Gasteiger partial charge is 0.277 e. The van der Waals surface area contributed by atoms with Crippen molar-refractivity contribution in [3.63, 3.8) is 0 Å². The molecule has 4 aromatic rings. The molecule has 8 heteroatoms. The number of thioether (sulfide) groups is 1. The van der Waals surface area contributed by atoms with E-state index in [9.17, 15) is 4.79 Å². The number of amides is 1. The quantitative estimate of drug-likeness (QED) is 0.315. The molecule has 1 aliphatic rings. The van der Waals surface area contributed by atoms with Crippen molar-refractivity contribution in [1.82, 2.24) is 10.2 Å². The van der Waals surface area contributed by atoms with Crippen LogP contribution in [-0.2, 0) is 4.79 Å². The molecule has 0 saturated carbocycles. The number of rotatable bonds is 4. The highest BCUT2D eigenvalue weighted by Crippen LogP contribution is 2.49. The second-order valence-corrected chi connectivity index (χ2v) is 9.33. The minimum Gasteiger partial charge on any atom is -0.411 e. The van der Waals surface area contributed by atoms with E-state index < -0.39 is 0 Å². The van der Waals surface area contributed by atoms with E-state index in [1.54, 1.807) is 16.7 Å². The molecule has 154 valence electrons. The Hall–Kier alpha value is -2.74. The predicted molar refractivity (Wildman–Crippen MR) is 124 cm³/mol. The first-order valence-corrected chi connectivity index (χ1v) is 11.7. The highest BCUT2D eigenvalue weighted by atomic mass is 35.5. The molecule has 0 radical (unpaired) electrons. The summed E-state index contributed by atoms with van der Waals surface area (Å²) in [5.41, 5.74) is 3.57. The van der Waals surface area contributed by atoms with E-state index in [-0.39, 0.29) is 11.7 Å². The molecular weight excluding hydrogens is 450 g/mol. The number of nitrogens with zero attached hydrogens (tertiary/aromatic N) is 3. The maximum Gasteiger partial charge on any atom is 0.277 e. The SMILES string of the molecule is Cc1ccccc1-c1nnc(SCC(=O)N2c3ccccc3Sc3ccc(Cl)cc32)o1. The van der Waals surface area contributed by atoms with Crippen LogP contribution in [0.5, 0.6) is 0 Å². The zero-order chi connectivity index (χ0) is 21.4. The molecule has 0 spiro atoms. The first-order chi connectivity index (χ1) is 15.1. The van der Waals surface area contributed by atoms with Crippen LogP contribution >= 0.6 is 35.1 Å². The molecule has 1 aliphatic heterocycles. The average molecular weight is 466 g/mol. The fourth-order valence-electron chi connectivity index (χ4n) is 3.37. The number of para-hydroxylation sites is 1. The van der Waals surface area contributed by atoms with Gasteiger partial charge in [0.25, 0.3) is 5.22 Å². The molecule has 0 bridgehead atoms. The van der Waals surface area contributed by atoms with Crippen LogP contribution in [0.25, 0.3) is 11.5 Å². The molecule has 0 N–H and O–H groups in total. The van der Waals surface area contributed by atoms with Gasteiger partial charge >= 0.3 is 0 Å². The van der Waals surface area contributed by atoms with Gasteiger partial charge in [0, 0.05) is 20.4 Å². The summed E-state index contributed by atoms with van der Waals surface area (Å²) in [6.45, 7) is 1.99. The van der Waals surface area contributed by atoms with Crippen LogP contribution in [0.15, 0.2) is 86.2 Å². The summed E-state index contributed by atoms with van der Waals surface area (Å²) in [5.74, 6) is 0.516. The van der Waals surface area contributed by atoms with Gasteiger partial charge in [-0.3, -0.25) is 9.69 Å². The number of aromatic nitrogens is 2. The summed E-state index contributed by atoms with van der Waals surface area (Å²) in [6.07, 6.45) is 0. The number of hydrogen-bond donors (Lipinski definition) is 0. The molecule has 1 aromatic heterocycles. The number of fused-ring (bicyclic) bond motifs is 2. The van der Waals surface area contributed by atoms with E-state index in [1.807, 2.05) is 73.7 Å². The molecule has 0 unspecified atom stereocenters. The third-order valence-corrected chi connectivity index (χ3v) is 7.01. The highest BCUT2D eigenvalue weighted by molar-refractivity contribution is 8.00. The molecule has 31 heavy (non-hydrogen) atoms. The molecule has 5 rings (SSSR count). The van der Waals surface area contributed by atoms with Crippen molar-refractivity contribution in [2.45, 2.75) is 21.9 Å². The van der Waals surface area contributed by atoms with Crippen LogP contribution in [0.1, 0.15) is 5.56 Å². The molecule has 0 atom stereocenters. The number of aryl methyl sites for hydroxylation is 1. The monoisotopic (exact) mass is 465 g/mol. The van der Waals surface area contributed by atoms with Crippen molar-refractivity contribution < 1.29 is 9.21 Å². The van der Waals surface area contributed by atoms with Crippen molar-refractivity contribution in [3.8, 4) is 11.5 Å². The van der Waals surface area contributed by atoms with Crippen LogP contribution in [0, 0.1) is 6.92 Å². The van der Waals surface area contributed by atoms with Crippen molar-refractivity contribution in [2.75, 3.05) is 10.7 Å². The minimum absolute atomic E-state index is 0.0862. The van der Waals surface area contributed by atoms with E-state index in [0.29, 0.717) is 16.1 Å². The molecule has 1 amide bonds. The third kappa shape index (κ3) is 3.96. The second-order valence-electron chi connectivity index (χ2n) is 6.89. The molecular formula is C23H16ClN3O2S2. The molecule has 2 heterocycles. The lowest BCUT2D eigenvalue weighted by Gasteiger charge is -2.31. The van der Waals surface area contributed by atoms with Gasteiger partial charge in [0.15, 0.2) is 0 Å². The highest BCUT2D eigenvalue weighted by Gasteiger charge is 2.28. The normalized spacial score (nSPS) is 12.4. The molecule has 0 aliphatic carbocycles. The first-order valence-electron chi connectivity index (χ1n) is 9.52. The Morgan fingerprint density at radius 3 is 2.68 bits per heavy atom. The van der Waals surface area contributed by atoms with Gasteiger partial charge in [-0.1, -0.05) is 65.5 Å². The van der Waals surface area contributed by atoms with E-state index in [2.05, 4.69) is 10.2 Å². The number of halogens is 1. The Labute approximate surface area is 192 Å². The fourth-order valence-corrected chi connectivity index (χ4v) is 5.19. The van der Waals surface area contributed by atoms with Crippen LogP contribution in [0.2, 0.25) is 5.02 Å². The zero-order valence-electron chi connectivity index (χ0n) is 16.4. The van der Waals surface area contributed by atoms with Gasteiger partial charge in [0.05, 0.1) is 17.1 Å². The largest absolute Gasteiger partial charge is 0.411 e. The molecule has 3 aromatic carbocycles. The van der Waals surface area contributed by atoms with Gasteiger partial charge in [-0.2, -0.15) is 0 Å². The van der Waals surface area contributed by atoms with Gasteiger partial charge < -0.3 is 4.42 Å². The molecule has 0 fully saturated rings. The predicted octanol–water partition coefficient (Wildman–Crippen LogP) is 6.62. The van der Waals surface area contributed by atoms with Crippen LogP contribution in [0.4, 0.5) is 11.4 Å². The van der Waals surface area contributed by atoms with E-state index in [4.69, 9.17) is 16.0 Å². The van der Waals surface area contributed by atoms with E-state index in [1.165, 1.54) is 11.8 Å². The maximum absolute atomic E-state index is 13.3. The Morgan fingerprint density at radius 2 is 1.81 bits per heavy atom. The summed E-state index contributed by atoms with van der Waals surface area (Å²) in [4.78, 5) is 17.0. The lowest BCUT2D eigenvalue weighted by molar-refractivity contribution is -0.115. The molecule has 0 saturated heterocycles. The van der Waals surface area contributed by atoms with Gasteiger partial charge in [0.2, 0.25) is 11.8 Å². The average Bonchev–Trinajstić information content (AvgIpc) is 3.25. The summed E-state index contributed by atoms with van der Waals surface area (Å²) in [6, 6.07) is 21.3. The summed E-state index contributed by atoms with van der Waals surface area (Å²) >= 11 is 9.09. The van der Waals surface area contributed by atoms with Gasteiger partial charge in [-0.15, -0.1) is 10.2 Å². The van der Waals surface area contributed by atoms with Crippen LogP contribution < -0.4 is 4.90 Å². The Kier molecular flexibility index (Phi) is 5.48. The number of anilines is 2. The van der Waals surface area contributed by atoms with Crippen molar-refractivity contribution in [2.24, 2.45) is 0 Å². The standard InChI is InChI=1S/C23H16ClN3O2S2/c1-14-6-2-3-7-16(14)22-25-26-23(29-22)30-13-21(28)27-17-8-4-5-9-19(17)31-20-11-10-15(24)12-18(20)27/h2-12H,13H2,1H3. The van der Waals surface area contributed by atoms with E-state index in [0.717, 1.165) is 32.3 Å². The fraction of sp³-hybridized carbons (Fsp3) is 0.0870. The van der Waals surface area contributed by atoms with Crippen LogP contribution in [-0.4, -0.2) is 21.9 Å². The maximum atomic E-state index is 13.3. The van der Waals surface area contributed by atoms with Crippen LogP contribution in [0.3, 0.4) is 0 Å². The summed E-state index contributed by atoms with van der Waals surface area (Å²) < 4.78 is 5.79. The van der Waals surface area contributed by atoms with E-state index >= 15 is 0 Å². The topological polar surface area (TPSA) is 59.2 Å². The number of carbonyl (C=O) groups is 1. The summed E-state index contributed by atoms with van der Waals surface area (Å²) in [7, 11) is 0. The first kappa shape index (κ1) is 20.2. The number of benzene rings is 3. The number of hydrogen-bond acceptors (Lipinski definition) is 6. The Balaban J connectivity index is 1.39. The lowest BCUT2D eigenvalue weighted by atomic mass is 10.1. The van der Waals surface area contributed by atoms with Crippen molar-refractivity contribution in [1.29, 1.82) is 0 Å². The lowest BCUT2D eigenvalue weighted by Crippen LogP contribution is -2.30.